The highest BCUT2D eigenvalue weighted by molar-refractivity contribution is 8.00. The van der Waals surface area contributed by atoms with Crippen molar-refractivity contribution >= 4 is 69.3 Å². The minimum atomic E-state index is -0.683. The van der Waals surface area contributed by atoms with E-state index in [-0.39, 0.29) is 22.2 Å². The number of rotatable bonds is 9. The zero-order valence-corrected chi connectivity index (χ0v) is 25.1. The van der Waals surface area contributed by atoms with E-state index in [1.807, 2.05) is 48.5 Å². The zero-order chi connectivity index (χ0) is 31.1. The summed E-state index contributed by atoms with van der Waals surface area (Å²) in [4.78, 5) is 40.1. The molecule has 0 saturated carbocycles. The van der Waals surface area contributed by atoms with Gasteiger partial charge in [-0.2, -0.15) is 0 Å². The van der Waals surface area contributed by atoms with Crippen LogP contribution in [0, 0.1) is 5.82 Å². The molecule has 0 aromatic heterocycles. The first-order valence-electron chi connectivity index (χ1n) is 13.7. The number of thioether (sulfide) groups is 1. The standard InChI is InChI=1S/C35H27ClFN3O3S/c1-22(33(41)39-31-19-7-13-23-10-5-6-16-27(23)31)44-26-15-8-14-25(20-26)38-35(43)32(21-28-29(36)17-9-18-30(28)37)40-34(42)24-11-3-2-4-12-24/h2-22H,1H3,(H,38,43)(H,39,41)(H,40,42)/b32-21+. The summed E-state index contributed by atoms with van der Waals surface area (Å²) in [5, 5.41) is 9.96. The van der Waals surface area contributed by atoms with Crippen molar-refractivity contribution in [3.63, 3.8) is 0 Å². The van der Waals surface area contributed by atoms with Crippen molar-refractivity contribution in [2.24, 2.45) is 0 Å². The highest BCUT2D eigenvalue weighted by Crippen LogP contribution is 2.29. The molecule has 5 aromatic carbocycles. The van der Waals surface area contributed by atoms with Crippen LogP contribution in [-0.4, -0.2) is 23.0 Å². The molecule has 9 heteroatoms. The van der Waals surface area contributed by atoms with Crippen LogP contribution < -0.4 is 16.0 Å². The number of halogens is 2. The number of fused-ring (bicyclic) bond motifs is 1. The minimum absolute atomic E-state index is 0.0389. The predicted molar refractivity (Wildman–Crippen MR) is 176 cm³/mol. The fourth-order valence-electron chi connectivity index (χ4n) is 4.41. The molecule has 0 radical (unpaired) electrons. The molecule has 3 N–H and O–H groups in total. The van der Waals surface area contributed by atoms with Crippen molar-refractivity contribution < 1.29 is 18.8 Å². The summed E-state index contributed by atoms with van der Waals surface area (Å²) >= 11 is 7.53. The van der Waals surface area contributed by atoms with Crippen LogP contribution in [0.5, 0.6) is 0 Å². The maximum absolute atomic E-state index is 14.6. The third-order valence-corrected chi connectivity index (χ3v) is 8.06. The minimum Gasteiger partial charge on any atom is -0.325 e. The van der Waals surface area contributed by atoms with Crippen LogP contribution >= 0.6 is 23.4 Å². The Balaban J connectivity index is 1.32. The van der Waals surface area contributed by atoms with Gasteiger partial charge in [0.1, 0.15) is 11.5 Å². The lowest BCUT2D eigenvalue weighted by Crippen LogP contribution is -2.30. The molecule has 5 rings (SSSR count). The lowest BCUT2D eigenvalue weighted by atomic mass is 10.1. The average Bonchev–Trinajstić information content (AvgIpc) is 3.03. The van der Waals surface area contributed by atoms with Gasteiger partial charge in [-0.15, -0.1) is 11.8 Å². The van der Waals surface area contributed by atoms with Gasteiger partial charge in [-0.3, -0.25) is 14.4 Å². The highest BCUT2D eigenvalue weighted by atomic mass is 35.5. The summed E-state index contributed by atoms with van der Waals surface area (Å²) in [5.74, 6) is -2.05. The maximum Gasteiger partial charge on any atom is 0.272 e. The Bertz CT molecular complexity index is 1860. The summed E-state index contributed by atoms with van der Waals surface area (Å²) in [6.45, 7) is 1.80. The lowest BCUT2D eigenvalue weighted by Gasteiger charge is -2.15. The van der Waals surface area contributed by atoms with Gasteiger partial charge >= 0.3 is 0 Å². The third-order valence-electron chi connectivity index (χ3n) is 6.64. The van der Waals surface area contributed by atoms with Gasteiger partial charge < -0.3 is 16.0 Å². The van der Waals surface area contributed by atoms with E-state index in [9.17, 15) is 18.8 Å². The van der Waals surface area contributed by atoms with Crippen LogP contribution in [0.15, 0.2) is 126 Å². The lowest BCUT2D eigenvalue weighted by molar-refractivity contribution is -0.115. The van der Waals surface area contributed by atoms with Crippen LogP contribution in [0.4, 0.5) is 15.8 Å². The van der Waals surface area contributed by atoms with Crippen LogP contribution in [-0.2, 0) is 9.59 Å². The van der Waals surface area contributed by atoms with Gasteiger partial charge in [0, 0.05) is 32.8 Å². The van der Waals surface area contributed by atoms with E-state index in [2.05, 4.69) is 16.0 Å². The van der Waals surface area contributed by atoms with Crippen LogP contribution in [0.25, 0.3) is 16.8 Å². The first-order chi connectivity index (χ1) is 21.3. The Morgan fingerprint density at radius 2 is 1.52 bits per heavy atom. The molecule has 6 nitrogen and oxygen atoms in total. The fourth-order valence-corrected chi connectivity index (χ4v) is 5.55. The number of carbonyl (C=O) groups is 3. The fraction of sp³-hybridized carbons (Fsp3) is 0.0571. The molecule has 0 aliphatic rings. The number of carbonyl (C=O) groups excluding carboxylic acids is 3. The van der Waals surface area contributed by atoms with Gasteiger partial charge in [0.2, 0.25) is 5.91 Å². The molecule has 0 fully saturated rings. The summed E-state index contributed by atoms with van der Waals surface area (Å²) in [6.07, 6.45) is 1.20. The largest absolute Gasteiger partial charge is 0.325 e. The van der Waals surface area contributed by atoms with Crippen LogP contribution in [0.3, 0.4) is 0 Å². The zero-order valence-electron chi connectivity index (χ0n) is 23.5. The summed E-state index contributed by atoms with van der Waals surface area (Å²) in [5.41, 5.74) is 1.23. The van der Waals surface area contributed by atoms with Crippen molar-refractivity contribution in [1.82, 2.24) is 5.32 Å². The summed E-state index contributed by atoms with van der Waals surface area (Å²) in [6, 6.07) is 33.0. The average molecular weight is 624 g/mol. The van der Waals surface area contributed by atoms with Gasteiger partial charge in [-0.1, -0.05) is 78.3 Å². The van der Waals surface area contributed by atoms with E-state index in [1.54, 1.807) is 55.5 Å². The Morgan fingerprint density at radius 3 is 2.32 bits per heavy atom. The number of nitrogens with one attached hydrogen (secondary N) is 3. The molecule has 5 aromatic rings. The van der Waals surface area contributed by atoms with Crippen molar-refractivity contribution in [2.45, 2.75) is 17.1 Å². The molecule has 44 heavy (non-hydrogen) atoms. The Hall–Kier alpha value is -4.92. The Kier molecular flexibility index (Phi) is 9.74. The maximum atomic E-state index is 14.6. The first-order valence-corrected chi connectivity index (χ1v) is 14.9. The molecular weight excluding hydrogens is 597 g/mol. The van der Waals surface area contributed by atoms with Gasteiger partial charge in [0.05, 0.1) is 10.3 Å². The molecule has 1 atom stereocenters. The number of benzene rings is 5. The second-order valence-electron chi connectivity index (χ2n) is 9.77. The normalized spacial score (nSPS) is 11.9. The van der Waals surface area contributed by atoms with E-state index < -0.39 is 22.9 Å². The second-order valence-corrected chi connectivity index (χ2v) is 11.6. The van der Waals surface area contributed by atoms with Gasteiger partial charge in [-0.25, -0.2) is 4.39 Å². The van der Waals surface area contributed by atoms with Gasteiger partial charge in [0.15, 0.2) is 0 Å². The van der Waals surface area contributed by atoms with E-state index in [0.29, 0.717) is 11.3 Å². The molecule has 0 heterocycles. The van der Waals surface area contributed by atoms with Crippen molar-refractivity contribution in [1.29, 1.82) is 0 Å². The topological polar surface area (TPSA) is 87.3 Å². The van der Waals surface area contributed by atoms with Gasteiger partial charge in [0.25, 0.3) is 11.8 Å². The predicted octanol–water partition coefficient (Wildman–Crippen LogP) is 8.16. The summed E-state index contributed by atoms with van der Waals surface area (Å²) in [7, 11) is 0. The second kappa shape index (κ2) is 14.0. The Labute approximate surface area is 263 Å². The van der Waals surface area contributed by atoms with Crippen LogP contribution in [0.2, 0.25) is 5.02 Å². The number of amides is 3. The molecular formula is C35H27ClFN3O3S. The molecule has 220 valence electrons. The van der Waals surface area contributed by atoms with Crippen molar-refractivity contribution in [3.8, 4) is 0 Å². The molecule has 0 saturated heterocycles. The number of hydrogen-bond donors (Lipinski definition) is 3. The van der Waals surface area contributed by atoms with Crippen molar-refractivity contribution in [2.75, 3.05) is 10.6 Å². The number of hydrogen-bond acceptors (Lipinski definition) is 4. The summed E-state index contributed by atoms with van der Waals surface area (Å²) < 4.78 is 14.6. The van der Waals surface area contributed by atoms with E-state index in [1.165, 1.54) is 36.0 Å². The quantitative estimate of drug-likeness (QED) is 0.114. The molecule has 3 amide bonds. The smallest absolute Gasteiger partial charge is 0.272 e. The monoisotopic (exact) mass is 623 g/mol. The highest BCUT2D eigenvalue weighted by Gasteiger charge is 2.19. The van der Waals surface area contributed by atoms with E-state index in [4.69, 9.17) is 11.6 Å². The molecule has 0 aliphatic heterocycles. The first kappa shape index (κ1) is 30.5. The van der Waals surface area contributed by atoms with Crippen molar-refractivity contribution in [3.05, 3.63) is 143 Å². The number of anilines is 2. The van der Waals surface area contributed by atoms with Crippen LogP contribution in [0.1, 0.15) is 22.8 Å². The Morgan fingerprint density at radius 1 is 0.818 bits per heavy atom. The van der Waals surface area contributed by atoms with Gasteiger partial charge in [-0.05, 0) is 66.9 Å². The third kappa shape index (κ3) is 7.53. The SMILES string of the molecule is CC(Sc1cccc(NC(=O)/C(=C\c2c(F)cccc2Cl)NC(=O)c2ccccc2)c1)C(=O)Nc1cccc2ccccc12. The molecule has 0 spiro atoms. The van der Waals surface area contributed by atoms with E-state index >= 15 is 0 Å². The molecule has 0 aliphatic carbocycles. The molecule has 1 unspecified atom stereocenters. The molecule has 0 bridgehead atoms. The van der Waals surface area contributed by atoms with E-state index in [0.717, 1.165) is 21.4 Å².